The molecule has 2 saturated heterocycles. The summed E-state index contributed by atoms with van der Waals surface area (Å²) in [6, 6.07) is 6.63. The van der Waals surface area contributed by atoms with Crippen molar-refractivity contribution in [3.05, 3.63) is 102 Å². The van der Waals surface area contributed by atoms with Crippen molar-refractivity contribution < 1.29 is 48.2 Å². The maximum atomic E-state index is 14.0. The van der Waals surface area contributed by atoms with Crippen LogP contribution in [-0.2, 0) is 138 Å². The first-order valence-corrected chi connectivity index (χ1v) is 38.3. The molecule has 4 bridgehead atoms. The minimum atomic E-state index is -0.441. The number of methoxy groups -OCH3 is 6. The number of hydrogen-bond donors (Lipinski definition) is 3. The van der Waals surface area contributed by atoms with Crippen LogP contribution in [0.2, 0.25) is 0 Å². The smallest absolute Gasteiger partial charge is 0.241 e. The molecular weight excluding hydrogens is 1220 g/mol. The van der Waals surface area contributed by atoms with Crippen LogP contribution in [0.25, 0.3) is 0 Å². The zero-order valence-corrected chi connectivity index (χ0v) is 54.6. The zero-order chi connectivity index (χ0) is 56.4. The maximum absolute atomic E-state index is 14.0. The Labute approximate surface area is 500 Å². The minimum Gasteiger partial charge on any atom is -0.496 e. The van der Waals surface area contributed by atoms with Crippen molar-refractivity contribution in [2.45, 2.75) is 123 Å². The Balaban J connectivity index is 0.000000191. The SMILES string of the molecule is C.COc1cc2c(c(OC)c1C)C[C@@H]1N[C@H]2[C@@H]2Cc3cc(C)c(C)c(OC)c3[C@H](CO)N2C1=O.COc1cc2c(c(OC)c1C)C[C@H]1C(=O)N3[C@@H](CO)c4c(cc(C)c(C)c4OC)C[C@H]3[C@@H]2N1C.S=S=S=S=S=S=S=S=S=S=S. The average molecular weight is 1290 g/mol. The molecule has 2 amide bonds. The number of carbonyl (C=O) groups is 2. The number of aryl methyl sites for hydroxylation is 2. The summed E-state index contributed by atoms with van der Waals surface area (Å²) in [7, 11) is 26.5. The Bertz CT molecular complexity index is 3450. The second-order valence-corrected chi connectivity index (χ2v) is 35.7. The van der Waals surface area contributed by atoms with Crippen LogP contribution in [0.5, 0.6) is 34.5 Å². The van der Waals surface area contributed by atoms with Gasteiger partial charge in [0.15, 0.2) is 0 Å². The van der Waals surface area contributed by atoms with Crippen LogP contribution in [0, 0.1) is 41.5 Å². The molecule has 0 aromatic heterocycles. The van der Waals surface area contributed by atoms with Crippen LogP contribution >= 0.6 is 0 Å². The van der Waals surface area contributed by atoms with Gasteiger partial charge in [0.25, 0.3) is 0 Å². The number of aliphatic hydroxyl groups is 2. The number of likely N-dealkylation sites (N-methyl/N-ethyl adjacent to an activating group) is 1. The van der Waals surface area contributed by atoms with Crippen LogP contribution in [0.1, 0.15) is 109 Å². The van der Waals surface area contributed by atoms with E-state index in [4.69, 9.17) is 28.4 Å². The second-order valence-electron chi connectivity index (χ2n) is 19.7. The van der Waals surface area contributed by atoms with Crippen LogP contribution in [-0.4, -0.2) is 124 Å². The van der Waals surface area contributed by atoms with Gasteiger partial charge in [0.1, 0.15) is 34.5 Å². The number of fused-ring (bicyclic) bond motifs is 14. The standard InChI is InChI=1S/C27H34N2O5.C26H32N2O5.CH4.S11/c1-13-8-16-9-19-24-17-11-22(32-5)15(3)25(33-6)18(17)10-20(28(24)4)27(31)29(19)21(12-30)23(16)26(34-7)14(13)2;1-12-7-15-8-19-23-16-10-21(31-4)14(3)24(32-5)17(16)9-18(27-23)26(30)28(19)20(11-29)22(15)25(33-6)13(12)2;;1-3-5-7-9-11-10-8-6-4-2/h8,11,19-21,24,30H,9-10,12H2,1-7H3;7,10,18-20,23,27,29H,8-9,11H2,1-6H3;1H4;/t19-,20-,21-,24+;18-,19-,20-,23+;;/m00../s1. The monoisotopic (exact) mass is 1290 g/mol. The lowest BCUT2D eigenvalue weighted by Crippen LogP contribution is -2.66. The number of amides is 2. The van der Waals surface area contributed by atoms with Gasteiger partial charge < -0.3 is 48.4 Å². The van der Waals surface area contributed by atoms with E-state index in [9.17, 15) is 19.8 Å². The first-order chi connectivity index (χ1) is 37.5. The molecule has 432 valence electrons. The lowest BCUT2D eigenvalue weighted by atomic mass is 9.73. The predicted molar refractivity (Wildman–Crippen MR) is 341 cm³/mol. The third-order valence-corrected chi connectivity index (χ3v) is 34.2. The zero-order valence-electron chi connectivity index (χ0n) is 45.7. The maximum Gasteiger partial charge on any atom is 0.241 e. The average Bonchev–Trinajstić information content (AvgIpc) is 3.62. The van der Waals surface area contributed by atoms with E-state index in [0.717, 1.165) is 112 Å². The van der Waals surface area contributed by atoms with Gasteiger partial charge in [-0.15, -0.1) is 0 Å². The summed E-state index contributed by atoms with van der Waals surface area (Å²) in [5.41, 5.74) is 14.8. The summed E-state index contributed by atoms with van der Waals surface area (Å²) in [5, 5.41) is 24.7. The first-order valence-electron chi connectivity index (χ1n) is 25.0. The van der Waals surface area contributed by atoms with Gasteiger partial charge in [-0.05, 0) is 118 Å². The van der Waals surface area contributed by atoms with Crippen LogP contribution in [0.15, 0.2) is 24.3 Å². The molecule has 0 unspecified atom stereocenters. The van der Waals surface area contributed by atoms with Gasteiger partial charge in [-0.2, -0.15) is 0 Å². The van der Waals surface area contributed by atoms with E-state index in [2.05, 4.69) is 70.7 Å². The molecule has 0 radical (unpaired) electrons. The number of rotatable bonds is 8. The number of nitrogens with one attached hydrogen (secondary N) is 1. The number of aliphatic hydroxyl groups excluding tert-OH is 2. The van der Waals surface area contributed by atoms with Crippen molar-refractivity contribution >= 4 is 114 Å². The van der Waals surface area contributed by atoms with Crippen molar-refractivity contribution in [3.63, 3.8) is 0 Å². The highest BCUT2D eigenvalue weighted by molar-refractivity contribution is 8.74. The fraction of sp³-hybridized carbons (Fsp3) is 0.519. The Kier molecular flexibility index (Phi) is 22.1. The molecule has 4 aromatic carbocycles. The van der Waals surface area contributed by atoms with Crippen molar-refractivity contribution in [2.75, 3.05) is 62.9 Å². The Hall–Kier alpha value is -3.12. The normalized spacial score (nSPS) is 22.4. The van der Waals surface area contributed by atoms with Gasteiger partial charge in [-0.25, -0.2) is 0 Å². The van der Waals surface area contributed by atoms with E-state index in [1.165, 1.54) is 17.8 Å². The van der Waals surface area contributed by atoms with Gasteiger partial charge in [-0.3, -0.25) is 19.8 Å². The molecule has 14 nitrogen and oxygen atoms in total. The third kappa shape index (κ3) is 11.6. The Morgan fingerprint density at radius 1 is 0.557 bits per heavy atom. The fourth-order valence-electron chi connectivity index (χ4n) is 13.0. The van der Waals surface area contributed by atoms with E-state index < -0.39 is 12.1 Å². The molecule has 3 N–H and O–H groups in total. The Morgan fingerprint density at radius 3 is 1.43 bits per heavy atom. The first kappa shape index (κ1) is 63.5. The van der Waals surface area contributed by atoms with E-state index in [1.807, 2.05) is 44.5 Å². The summed E-state index contributed by atoms with van der Waals surface area (Å²) in [6.45, 7) is 11.9. The molecule has 8 atom stereocenters. The molecule has 4 aromatic rings. The number of nitrogens with zero attached hydrogens (tertiary/aromatic N) is 3. The van der Waals surface area contributed by atoms with Gasteiger partial charge in [0, 0.05) is 149 Å². The summed E-state index contributed by atoms with van der Waals surface area (Å²) < 4.78 is 34.6. The summed E-state index contributed by atoms with van der Waals surface area (Å²) in [5.74, 6) is 4.79. The number of ether oxygens (including phenoxy) is 6. The van der Waals surface area contributed by atoms with Crippen LogP contribution < -0.4 is 33.7 Å². The van der Waals surface area contributed by atoms with Gasteiger partial charge in [0.05, 0.1) is 104 Å². The Morgan fingerprint density at radius 2 is 0.987 bits per heavy atom. The van der Waals surface area contributed by atoms with E-state index in [0.29, 0.717) is 25.7 Å². The molecule has 0 saturated carbocycles. The minimum absolute atomic E-state index is 0. The van der Waals surface area contributed by atoms with Gasteiger partial charge in [-0.1, -0.05) is 19.6 Å². The molecule has 10 rings (SSSR count). The molecule has 0 aliphatic carbocycles. The number of piperazine rings is 2. The van der Waals surface area contributed by atoms with E-state index >= 15 is 0 Å². The van der Waals surface area contributed by atoms with Crippen molar-refractivity contribution in [2.24, 2.45) is 0 Å². The van der Waals surface area contributed by atoms with Crippen LogP contribution in [0.4, 0.5) is 0 Å². The lowest BCUT2D eigenvalue weighted by molar-refractivity contribution is -0.158. The second kappa shape index (κ2) is 27.5. The number of benzene rings is 4. The lowest BCUT2D eigenvalue weighted by Gasteiger charge is -2.57. The molecule has 6 aliphatic heterocycles. The largest absolute Gasteiger partial charge is 0.496 e. The molecule has 6 heterocycles. The number of carbonyl (C=O) groups excluding carboxylic acids is 2. The van der Waals surface area contributed by atoms with Gasteiger partial charge >= 0.3 is 0 Å². The van der Waals surface area contributed by atoms with E-state index in [1.54, 1.807) is 105 Å². The highest BCUT2D eigenvalue weighted by Gasteiger charge is 2.55. The summed E-state index contributed by atoms with van der Waals surface area (Å²) >= 11 is 9.35. The van der Waals surface area contributed by atoms with Gasteiger partial charge in [0.2, 0.25) is 11.8 Å². The van der Waals surface area contributed by atoms with Crippen LogP contribution in [0.3, 0.4) is 0 Å². The highest BCUT2D eigenvalue weighted by Crippen LogP contribution is 2.54. The summed E-state index contributed by atoms with van der Waals surface area (Å²) in [6.07, 6.45) is 2.47. The topological polar surface area (TPSA) is 152 Å². The van der Waals surface area contributed by atoms with Crippen molar-refractivity contribution in [1.82, 2.24) is 20.0 Å². The predicted octanol–water partition coefficient (Wildman–Crippen LogP) is 6.34. The fourth-order valence-corrected chi connectivity index (χ4v) is 32.2. The third-order valence-electron chi connectivity index (χ3n) is 16.4. The number of hydrogen-bond acceptors (Lipinski definition) is 14. The molecule has 25 heteroatoms. The van der Waals surface area contributed by atoms with E-state index in [-0.39, 0.29) is 68.7 Å². The summed E-state index contributed by atoms with van der Waals surface area (Å²) in [4.78, 5) is 33.8. The molecular formula is C54H70N4O10S11. The molecule has 6 aliphatic rings. The van der Waals surface area contributed by atoms with Crippen molar-refractivity contribution in [3.8, 4) is 34.5 Å². The molecule has 2 fully saturated rings. The highest BCUT2D eigenvalue weighted by atomic mass is 33.4. The quantitative estimate of drug-likeness (QED) is 0.180. The molecule has 0 spiro atoms. The van der Waals surface area contributed by atoms with Crippen molar-refractivity contribution in [1.29, 1.82) is 0 Å². The molecule has 79 heavy (non-hydrogen) atoms.